The zero-order chi connectivity index (χ0) is 38.3. The van der Waals surface area contributed by atoms with E-state index in [1.54, 1.807) is 0 Å². The van der Waals surface area contributed by atoms with Crippen molar-refractivity contribution in [1.29, 1.82) is 0 Å². The summed E-state index contributed by atoms with van der Waals surface area (Å²) in [4.78, 5) is 15.8. The number of hydrogen-bond acceptors (Lipinski definition) is 4. The lowest BCUT2D eigenvalue weighted by Crippen LogP contribution is -2.12. The summed E-state index contributed by atoms with van der Waals surface area (Å²) in [6.45, 7) is 4.28. The quantitative estimate of drug-likeness (QED) is 0.153. The van der Waals surface area contributed by atoms with Gasteiger partial charge in [-0.15, -0.1) is 0 Å². The molecule has 1 atom stereocenters. The lowest BCUT2D eigenvalue weighted by Gasteiger charge is -2.24. The summed E-state index contributed by atoms with van der Waals surface area (Å²) in [5, 5.41) is 6.67. The second-order valence-corrected chi connectivity index (χ2v) is 15.1. The maximum absolute atomic E-state index is 6.58. The van der Waals surface area contributed by atoms with E-state index in [1.807, 2.05) is 31.2 Å². The Kier molecular flexibility index (Phi) is 8.53. The lowest BCUT2D eigenvalue weighted by atomic mass is 9.81. The second kappa shape index (κ2) is 14.2. The first kappa shape index (κ1) is 34.3. The van der Waals surface area contributed by atoms with Gasteiger partial charge in [0.2, 0.25) is 0 Å². The molecule has 0 N–H and O–H groups in total. The highest BCUT2D eigenvalue weighted by Gasteiger charge is 2.23. The van der Waals surface area contributed by atoms with Crippen molar-refractivity contribution in [1.82, 2.24) is 15.0 Å². The van der Waals surface area contributed by atoms with Crippen LogP contribution in [0.25, 0.3) is 94.1 Å². The van der Waals surface area contributed by atoms with Gasteiger partial charge in [0, 0.05) is 32.9 Å². The number of nitrogens with zero attached hydrogens (tertiary/aromatic N) is 3. The molecule has 0 bridgehead atoms. The molecular formula is C53H39N3O. The molecule has 0 spiro atoms. The first-order valence-electron chi connectivity index (χ1n) is 19.5. The Hall–Kier alpha value is -7.17. The number of aromatic nitrogens is 3. The minimum atomic E-state index is -0.105. The third kappa shape index (κ3) is 6.55. The van der Waals surface area contributed by atoms with Crippen LogP contribution in [0.5, 0.6) is 0 Å². The fourth-order valence-corrected chi connectivity index (χ4v) is 7.94. The fraction of sp³-hybridized carbons (Fsp3) is 0.0755. The van der Waals surface area contributed by atoms with Crippen LogP contribution in [0.1, 0.15) is 26.1 Å². The molecule has 9 aromatic rings. The molecule has 0 radical (unpaired) electrons. The van der Waals surface area contributed by atoms with Crippen LogP contribution in [0, 0.1) is 5.41 Å². The van der Waals surface area contributed by atoms with Crippen molar-refractivity contribution in [2.75, 3.05) is 0 Å². The van der Waals surface area contributed by atoms with E-state index in [4.69, 9.17) is 19.4 Å². The zero-order valence-corrected chi connectivity index (χ0v) is 31.9. The van der Waals surface area contributed by atoms with E-state index in [0.29, 0.717) is 17.5 Å². The van der Waals surface area contributed by atoms with Crippen LogP contribution in [-0.2, 0) is 0 Å². The van der Waals surface area contributed by atoms with E-state index in [0.717, 1.165) is 67.0 Å². The highest BCUT2D eigenvalue weighted by molar-refractivity contribution is 6.13. The van der Waals surface area contributed by atoms with Crippen molar-refractivity contribution in [3.63, 3.8) is 0 Å². The van der Waals surface area contributed by atoms with Crippen molar-refractivity contribution in [3.05, 3.63) is 194 Å². The predicted octanol–water partition coefficient (Wildman–Crippen LogP) is 14.2. The van der Waals surface area contributed by atoms with Gasteiger partial charge in [0.05, 0.1) is 0 Å². The molecule has 1 aliphatic carbocycles. The molecule has 10 rings (SSSR count). The van der Waals surface area contributed by atoms with Gasteiger partial charge in [-0.3, -0.25) is 0 Å². The standard InChI is InChI=1S/C53H39N3O/c1-3-4-12-27-53(2)28-25-38(26-29-53)50-54-51(42-24-21-37-20-22-40(31-43(37)32-42)35-13-6-5-7-14-35)56-52(55-50)46-33-44(41-23-19-36-15-8-9-16-39(36)30-41)34-48-49(46)45-17-10-11-18-47(45)57-48/h3-28,30-34H,29H2,1-2H3/b4-3-,27-12-. The normalized spacial score (nSPS) is 15.8. The van der Waals surface area contributed by atoms with E-state index < -0.39 is 0 Å². The summed E-state index contributed by atoms with van der Waals surface area (Å²) in [7, 11) is 0. The molecule has 0 aliphatic heterocycles. The van der Waals surface area contributed by atoms with Crippen LogP contribution in [0.4, 0.5) is 0 Å². The Labute approximate surface area is 331 Å². The van der Waals surface area contributed by atoms with Crippen LogP contribution in [-0.4, -0.2) is 15.0 Å². The van der Waals surface area contributed by atoms with Gasteiger partial charge < -0.3 is 4.42 Å². The van der Waals surface area contributed by atoms with Gasteiger partial charge >= 0.3 is 0 Å². The molecule has 0 saturated carbocycles. The summed E-state index contributed by atoms with van der Waals surface area (Å²) in [5.41, 5.74) is 8.79. The highest BCUT2D eigenvalue weighted by atomic mass is 16.3. The highest BCUT2D eigenvalue weighted by Crippen LogP contribution is 2.41. The van der Waals surface area contributed by atoms with Gasteiger partial charge in [-0.25, -0.2) is 15.0 Å². The summed E-state index contributed by atoms with van der Waals surface area (Å²) in [6, 6.07) is 51.2. The topological polar surface area (TPSA) is 51.8 Å². The van der Waals surface area contributed by atoms with E-state index >= 15 is 0 Å². The van der Waals surface area contributed by atoms with Gasteiger partial charge in [-0.05, 0) is 93.5 Å². The first-order chi connectivity index (χ1) is 28.0. The molecule has 2 heterocycles. The number of fused-ring (bicyclic) bond motifs is 5. The molecule has 57 heavy (non-hydrogen) atoms. The van der Waals surface area contributed by atoms with E-state index in [-0.39, 0.29) is 5.41 Å². The number of para-hydroxylation sites is 1. The zero-order valence-electron chi connectivity index (χ0n) is 31.9. The fourth-order valence-electron chi connectivity index (χ4n) is 7.94. The molecule has 4 heteroatoms. The molecule has 4 nitrogen and oxygen atoms in total. The molecule has 0 fully saturated rings. The third-order valence-corrected chi connectivity index (χ3v) is 11.1. The summed E-state index contributed by atoms with van der Waals surface area (Å²) < 4.78 is 6.58. The monoisotopic (exact) mass is 733 g/mol. The van der Waals surface area contributed by atoms with Crippen molar-refractivity contribution >= 4 is 49.1 Å². The Morgan fingerprint density at radius 3 is 2.02 bits per heavy atom. The van der Waals surface area contributed by atoms with Crippen LogP contribution in [0.3, 0.4) is 0 Å². The third-order valence-electron chi connectivity index (χ3n) is 11.1. The molecule has 1 aliphatic rings. The average molecular weight is 734 g/mol. The number of hydrogen-bond donors (Lipinski definition) is 0. The summed E-state index contributed by atoms with van der Waals surface area (Å²) >= 11 is 0. The Bertz CT molecular complexity index is 3130. The van der Waals surface area contributed by atoms with Crippen molar-refractivity contribution in [3.8, 4) is 45.0 Å². The number of benzene rings is 7. The number of rotatable bonds is 7. The molecule has 0 saturated heterocycles. The first-order valence-corrected chi connectivity index (χ1v) is 19.5. The van der Waals surface area contributed by atoms with Gasteiger partial charge in [0.1, 0.15) is 11.2 Å². The Morgan fingerprint density at radius 2 is 1.21 bits per heavy atom. The smallest absolute Gasteiger partial charge is 0.164 e. The molecule has 1 unspecified atom stereocenters. The van der Waals surface area contributed by atoms with Gasteiger partial charge in [-0.2, -0.15) is 0 Å². The van der Waals surface area contributed by atoms with Crippen molar-refractivity contribution < 1.29 is 4.42 Å². The second-order valence-electron chi connectivity index (χ2n) is 15.1. The van der Waals surface area contributed by atoms with Crippen LogP contribution in [0.15, 0.2) is 193 Å². The maximum Gasteiger partial charge on any atom is 0.164 e. The Morgan fingerprint density at radius 1 is 0.544 bits per heavy atom. The van der Waals surface area contributed by atoms with E-state index in [9.17, 15) is 0 Å². The maximum atomic E-state index is 6.58. The van der Waals surface area contributed by atoms with Crippen molar-refractivity contribution in [2.45, 2.75) is 20.3 Å². The summed E-state index contributed by atoms with van der Waals surface area (Å²) in [5.74, 6) is 1.86. The van der Waals surface area contributed by atoms with Crippen LogP contribution in [0.2, 0.25) is 0 Å². The number of furan rings is 1. The van der Waals surface area contributed by atoms with E-state index in [1.165, 1.54) is 21.9 Å². The SMILES string of the molecule is C/C=C\C=C/C1(C)C=CC(c2nc(-c3ccc4ccc(-c5ccccc5)cc4c3)nc(-c3cc(-c4ccc5ccccc5c4)cc4oc5ccccc5c34)n2)=CC1. The van der Waals surface area contributed by atoms with Crippen LogP contribution >= 0.6 is 0 Å². The molecular weight excluding hydrogens is 695 g/mol. The average Bonchev–Trinajstić information content (AvgIpc) is 3.65. The van der Waals surface area contributed by atoms with E-state index in [2.05, 4.69) is 171 Å². The molecule has 272 valence electrons. The largest absolute Gasteiger partial charge is 0.456 e. The minimum Gasteiger partial charge on any atom is -0.456 e. The number of allylic oxidation sites excluding steroid dienone is 8. The Balaban J connectivity index is 1.18. The van der Waals surface area contributed by atoms with Gasteiger partial charge in [-0.1, -0.05) is 159 Å². The molecule has 2 aromatic heterocycles. The lowest BCUT2D eigenvalue weighted by molar-refractivity contribution is 0.558. The molecule has 0 amide bonds. The molecule has 7 aromatic carbocycles. The summed E-state index contributed by atoms with van der Waals surface area (Å²) in [6.07, 6.45) is 16.0. The predicted molar refractivity (Wildman–Crippen MR) is 238 cm³/mol. The van der Waals surface area contributed by atoms with Gasteiger partial charge in [0.15, 0.2) is 17.5 Å². The minimum absolute atomic E-state index is 0.105. The van der Waals surface area contributed by atoms with Crippen molar-refractivity contribution in [2.24, 2.45) is 5.41 Å². The van der Waals surface area contributed by atoms with Gasteiger partial charge in [0.25, 0.3) is 0 Å². The van der Waals surface area contributed by atoms with Crippen LogP contribution < -0.4 is 0 Å².